The Morgan fingerprint density at radius 2 is 2.23 bits per heavy atom. The van der Waals surface area contributed by atoms with E-state index in [9.17, 15) is 4.79 Å². The number of amides is 1. The second-order valence-electron chi connectivity index (χ2n) is 3.36. The molecule has 1 amide bonds. The smallest absolute Gasteiger partial charge is 0.231 e. The van der Waals surface area contributed by atoms with Gasteiger partial charge < -0.3 is 5.32 Å². The normalized spacial score (nSPS) is 17.8. The van der Waals surface area contributed by atoms with Crippen LogP contribution < -0.4 is 5.32 Å². The molecule has 0 heterocycles. The molecule has 2 rings (SSSR count). The summed E-state index contributed by atoms with van der Waals surface area (Å²) >= 11 is 0. The summed E-state index contributed by atoms with van der Waals surface area (Å²) in [6, 6.07) is 6.30. The van der Waals surface area contributed by atoms with Crippen molar-refractivity contribution in [3.05, 3.63) is 34.9 Å². The van der Waals surface area contributed by atoms with Gasteiger partial charge in [-0.2, -0.15) is 0 Å². The summed E-state index contributed by atoms with van der Waals surface area (Å²) in [5.41, 5.74) is 3.71. The van der Waals surface area contributed by atoms with Crippen molar-refractivity contribution in [3.8, 4) is 0 Å². The Hall–Kier alpha value is -1.31. The topological polar surface area (TPSA) is 29.1 Å². The van der Waals surface area contributed by atoms with Crippen LogP contribution in [0.5, 0.6) is 0 Å². The van der Waals surface area contributed by atoms with Crippen LogP contribution in [0, 0.1) is 0 Å². The van der Waals surface area contributed by atoms with Crippen molar-refractivity contribution in [2.45, 2.75) is 19.3 Å². The van der Waals surface area contributed by atoms with Gasteiger partial charge in [-0.05, 0) is 23.1 Å². The molecule has 0 spiro atoms. The number of aryl methyl sites for hydroxylation is 1. The Balaban J connectivity index is 2.23. The van der Waals surface area contributed by atoms with Gasteiger partial charge in [0.15, 0.2) is 0 Å². The molecule has 1 aliphatic rings. The summed E-state index contributed by atoms with van der Waals surface area (Å²) in [4.78, 5) is 11.3. The van der Waals surface area contributed by atoms with Gasteiger partial charge in [0.1, 0.15) is 0 Å². The van der Waals surface area contributed by atoms with E-state index in [-0.39, 0.29) is 11.8 Å². The molecule has 0 bridgehead atoms. The number of rotatable bonds is 2. The van der Waals surface area contributed by atoms with E-state index in [4.69, 9.17) is 0 Å². The molecule has 1 aromatic rings. The molecular formula is C11H13NO. The maximum Gasteiger partial charge on any atom is 0.231 e. The first-order chi connectivity index (χ1) is 6.27. The highest BCUT2D eigenvalue weighted by atomic mass is 16.1. The lowest BCUT2D eigenvalue weighted by Crippen LogP contribution is -2.18. The minimum absolute atomic E-state index is 0.0466. The van der Waals surface area contributed by atoms with Crippen LogP contribution >= 0.6 is 0 Å². The fourth-order valence-electron chi connectivity index (χ4n) is 1.71. The Morgan fingerprint density at radius 1 is 1.46 bits per heavy atom. The average Bonchev–Trinajstić information content (AvgIpc) is 2.89. The molecule has 2 heteroatoms. The highest BCUT2D eigenvalue weighted by Gasteiger charge is 2.37. The number of carbonyl (C=O) groups is 1. The second-order valence-corrected chi connectivity index (χ2v) is 3.36. The molecule has 1 atom stereocenters. The highest BCUT2D eigenvalue weighted by molar-refractivity contribution is 5.94. The number of likely N-dealkylation sites (N-methyl/N-ethyl adjacent to an activating group) is 1. The molecule has 0 saturated heterocycles. The van der Waals surface area contributed by atoms with Crippen molar-refractivity contribution in [3.63, 3.8) is 0 Å². The van der Waals surface area contributed by atoms with Gasteiger partial charge in [-0.3, -0.25) is 4.79 Å². The Labute approximate surface area is 78.0 Å². The number of nitrogens with one attached hydrogen (secondary N) is 1. The third kappa shape index (κ3) is 1.22. The molecule has 1 aliphatic carbocycles. The fraction of sp³-hybridized carbons (Fsp3) is 0.364. The maximum atomic E-state index is 11.3. The van der Waals surface area contributed by atoms with Crippen LogP contribution in [-0.4, -0.2) is 13.0 Å². The quantitative estimate of drug-likeness (QED) is 0.724. The van der Waals surface area contributed by atoms with E-state index in [0.717, 1.165) is 6.42 Å². The molecule has 0 aromatic heterocycles. The lowest BCUT2D eigenvalue weighted by molar-refractivity contribution is -0.120. The van der Waals surface area contributed by atoms with E-state index in [1.807, 2.05) is 0 Å². The van der Waals surface area contributed by atoms with Gasteiger partial charge in [-0.15, -0.1) is 0 Å². The zero-order chi connectivity index (χ0) is 9.42. The molecule has 68 valence electrons. The summed E-state index contributed by atoms with van der Waals surface area (Å²) in [6.07, 6.45) is 1.04. The van der Waals surface area contributed by atoms with Crippen molar-refractivity contribution in [2.24, 2.45) is 0 Å². The molecule has 0 fully saturated rings. The van der Waals surface area contributed by atoms with Gasteiger partial charge >= 0.3 is 0 Å². The number of fused-ring (bicyclic) bond motifs is 1. The molecular weight excluding hydrogens is 162 g/mol. The Kier molecular flexibility index (Phi) is 1.83. The standard InChI is InChI=1S/C11H13NO/c1-3-7-4-5-8-9(6-7)10(8)11(13)12-2/h4-6,10H,3H2,1-2H3,(H,12,13). The SMILES string of the molecule is CCc1ccc2c(c1)C2C(=O)NC. The summed E-state index contributed by atoms with van der Waals surface area (Å²) in [7, 11) is 1.68. The number of carbonyl (C=O) groups excluding carboxylic acids is 1. The monoisotopic (exact) mass is 175 g/mol. The molecule has 1 aromatic carbocycles. The molecule has 0 radical (unpaired) electrons. The van der Waals surface area contributed by atoms with E-state index in [2.05, 4.69) is 30.4 Å². The fourth-order valence-corrected chi connectivity index (χ4v) is 1.71. The van der Waals surface area contributed by atoms with Crippen molar-refractivity contribution in [1.29, 1.82) is 0 Å². The second kappa shape index (κ2) is 2.87. The first kappa shape index (κ1) is 8.30. The largest absolute Gasteiger partial charge is 0.358 e. The van der Waals surface area contributed by atoms with Crippen LogP contribution in [0.15, 0.2) is 18.2 Å². The van der Waals surface area contributed by atoms with Crippen LogP contribution in [0.2, 0.25) is 0 Å². The average molecular weight is 175 g/mol. The zero-order valence-electron chi connectivity index (χ0n) is 7.92. The lowest BCUT2D eigenvalue weighted by atomic mass is 10.2. The first-order valence-electron chi connectivity index (χ1n) is 4.62. The van der Waals surface area contributed by atoms with Gasteiger partial charge in [0.2, 0.25) is 5.91 Å². The van der Waals surface area contributed by atoms with Gasteiger partial charge in [0.25, 0.3) is 0 Å². The van der Waals surface area contributed by atoms with Crippen molar-refractivity contribution in [2.75, 3.05) is 7.05 Å². The summed E-state index contributed by atoms with van der Waals surface area (Å²) in [5, 5.41) is 2.67. The van der Waals surface area contributed by atoms with Gasteiger partial charge in [-0.1, -0.05) is 25.1 Å². The van der Waals surface area contributed by atoms with Crippen LogP contribution in [0.1, 0.15) is 29.5 Å². The highest BCUT2D eigenvalue weighted by Crippen LogP contribution is 2.43. The number of hydrogen-bond donors (Lipinski definition) is 1. The Bertz CT molecular complexity index is 357. The predicted octanol–water partition coefficient (Wildman–Crippen LogP) is 1.44. The molecule has 1 unspecified atom stereocenters. The molecule has 0 saturated carbocycles. The van der Waals surface area contributed by atoms with Crippen molar-refractivity contribution in [1.82, 2.24) is 5.32 Å². The molecule has 13 heavy (non-hydrogen) atoms. The number of hydrogen-bond acceptors (Lipinski definition) is 1. The molecule has 1 N–H and O–H groups in total. The maximum absolute atomic E-state index is 11.3. The van der Waals surface area contributed by atoms with E-state index < -0.39 is 0 Å². The van der Waals surface area contributed by atoms with E-state index in [1.165, 1.54) is 16.7 Å². The summed E-state index contributed by atoms with van der Waals surface area (Å²) < 4.78 is 0. The van der Waals surface area contributed by atoms with Crippen molar-refractivity contribution >= 4 is 5.91 Å². The lowest BCUT2D eigenvalue weighted by Gasteiger charge is -1.92. The third-order valence-corrected chi connectivity index (χ3v) is 2.61. The molecule has 0 aliphatic heterocycles. The predicted molar refractivity (Wildman–Crippen MR) is 51.7 cm³/mol. The van der Waals surface area contributed by atoms with Crippen LogP contribution in [0.3, 0.4) is 0 Å². The number of benzene rings is 1. The molecule has 2 nitrogen and oxygen atoms in total. The van der Waals surface area contributed by atoms with Crippen molar-refractivity contribution < 1.29 is 4.79 Å². The zero-order valence-corrected chi connectivity index (χ0v) is 7.92. The first-order valence-corrected chi connectivity index (χ1v) is 4.62. The van der Waals surface area contributed by atoms with Crippen LogP contribution in [0.25, 0.3) is 0 Å². The van der Waals surface area contributed by atoms with E-state index in [1.54, 1.807) is 7.05 Å². The van der Waals surface area contributed by atoms with Gasteiger partial charge in [0, 0.05) is 7.05 Å². The minimum Gasteiger partial charge on any atom is -0.358 e. The van der Waals surface area contributed by atoms with Crippen LogP contribution in [0.4, 0.5) is 0 Å². The van der Waals surface area contributed by atoms with Gasteiger partial charge in [0.05, 0.1) is 5.92 Å². The third-order valence-electron chi connectivity index (χ3n) is 2.61. The summed E-state index contributed by atoms with van der Waals surface area (Å²) in [6.45, 7) is 2.12. The van der Waals surface area contributed by atoms with E-state index in [0.29, 0.717) is 0 Å². The van der Waals surface area contributed by atoms with E-state index >= 15 is 0 Å². The minimum atomic E-state index is 0.0466. The summed E-state index contributed by atoms with van der Waals surface area (Å²) in [5.74, 6) is 0.161. The van der Waals surface area contributed by atoms with Gasteiger partial charge in [-0.25, -0.2) is 0 Å². The van der Waals surface area contributed by atoms with Crippen LogP contribution in [-0.2, 0) is 11.2 Å². The Morgan fingerprint density at radius 3 is 2.85 bits per heavy atom.